The summed E-state index contributed by atoms with van der Waals surface area (Å²) >= 11 is 5.84. The highest BCUT2D eigenvalue weighted by atomic mass is 35.5. The topological polar surface area (TPSA) is 123 Å². The van der Waals surface area contributed by atoms with Gasteiger partial charge in [-0.25, -0.2) is 9.18 Å². The zero-order valence-corrected chi connectivity index (χ0v) is 15.2. The number of ether oxygens (including phenoxy) is 1. The van der Waals surface area contributed by atoms with Gasteiger partial charge >= 0.3 is 11.9 Å². The minimum absolute atomic E-state index is 0.0222. The summed E-state index contributed by atoms with van der Waals surface area (Å²) in [7, 11) is 0. The van der Waals surface area contributed by atoms with Crippen molar-refractivity contribution >= 4 is 40.7 Å². The van der Waals surface area contributed by atoms with Crippen molar-refractivity contribution in [1.29, 1.82) is 0 Å². The Morgan fingerprint density at radius 3 is 2.68 bits per heavy atom. The number of nitro benzene ring substituents is 1. The van der Waals surface area contributed by atoms with E-state index in [1.165, 1.54) is 43.3 Å². The average Bonchev–Trinajstić information content (AvgIpc) is 2.64. The number of carbonyl (C=O) groups is 2. The van der Waals surface area contributed by atoms with E-state index in [0.29, 0.717) is 0 Å². The number of nitrogens with one attached hydrogen (secondary N) is 2. The largest absolute Gasteiger partial charge is 0.459 e. The maximum absolute atomic E-state index is 13.5. The van der Waals surface area contributed by atoms with Crippen molar-refractivity contribution in [2.45, 2.75) is 6.92 Å². The third kappa shape index (κ3) is 5.48. The van der Waals surface area contributed by atoms with Crippen LogP contribution in [-0.4, -0.2) is 29.2 Å². The zero-order valence-electron chi connectivity index (χ0n) is 14.4. The van der Waals surface area contributed by atoms with Crippen LogP contribution in [0.5, 0.6) is 0 Å². The van der Waals surface area contributed by atoms with Gasteiger partial charge in [0.2, 0.25) is 0 Å². The summed E-state index contributed by atoms with van der Waals surface area (Å²) in [6, 6.07) is 8.74. The van der Waals surface area contributed by atoms with E-state index in [1.807, 2.05) is 0 Å². The number of hydrazone groups is 1. The first-order chi connectivity index (χ1) is 13.3. The molecule has 0 unspecified atom stereocenters. The first-order valence-corrected chi connectivity index (χ1v) is 8.21. The number of benzene rings is 2. The zero-order chi connectivity index (χ0) is 20.7. The Morgan fingerprint density at radius 1 is 1.29 bits per heavy atom. The van der Waals surface area contributed by atoms with E-state index in [9.17, 15) is 24.1 Å². The van der Waals surface area contributed by atoms with Gasteiger partial charge in [0.1, 0.15) is 11.5 Å². The highest BCUT2D eigenvalue weighted by Crippen LogP contribution is 2.27. The summed E-state index contributed by atoms with van der Waals surface area (Å²) in [5, 5.41) is 17.4. The summed E-state index contributed by atoms with van der Waals surface area (Å²) in [6.45, 7) is 1.50. The molecule has 2 aromatic carbocycles. The van der Waals surface area contributed by atoms with E-state index in [0.717, 1.165) is 6.07 Å². The first kappa shape index (κ1) is 20.8. The lowest BCUT2D eigenvalue weighted by atomic mass is 10.2. The van der Waals surface area contributed by atoms with Crippen LogP contribution >= 0.6 is 11.6 Å². The maximum Gasteiger partial charge on any atom is 0.397 e. The Bertz CT molecular complexity index is 951. The molecular formula is C17H14ClFN4O5. The van der Waals surface area contributed by atoms with E-state index in [2.05, 4.69) is 20.6 Å². The van der Waals surface area contributed by atoms with Crippen molar-refractivity contribution in [2.24, 2.45) is 5.10 Å². The van der Waals surface area contributed by atoms with Gasteiger partial charge in [-0.15, -0.1) is 0 Å². The molecule has 0 heterocycles. The van der Waals surface area contributed by atoms with Crippen LogP contribution in [0.2, 0.25) is 5.02 Å². The van der Waals surface area contributed by atoms with Gasteiger partial charge in [-0.1, -0.05) is 23.7 Å². The third-order valence-electron chi connectivity index (χ3n) is 3.23. The molecule has 0 atom stereocenters. The summed E-state index contributed by atoms with van der Waals surface area (Å²) < 4.78 is 18.1. The van der Waals surface area contributed by atoms with E-state index < -0.39 is 22.6 Å². The van der Waals surface area contributed by atoms with Crippen LogP contribution in [-0.2, 0) is 14.3 Å². The Balaban J connectivity index is 2.39. The van der Waals surface area contributed by atoms with Gasteiger partial charge in [0.15, 0.2) is 5.84 Å². The Kier molecular flexibility index (Phi) is 6.99. The predicted octanol–water partition coefficient (Wildman–Crippen LogP) is 2.84. The molecule has 2 rings (SSSR count). The molecular weight excluding hydrogens is 395 g/mol. The minimum atomic E-state index is -1.17. The molecule has 0 aliphatic rings. The van der Waals surface area contributed by atoms with Crippen LogP contribution in [0.25, 0.3) is 0 Å². The number of amidine groups is 1. The number of amides is 1. The molecule has 0 spiro atoms. The Labute approximate surface area is 163 Å². The molecule has 28 heavy (non-hydrogen) atoms. The fraction of sp³-hybridized carbons (Fsp3) is 0.118. The van der Waals surface area contributed by atoms with Crippen LogP contribution in [0.4, 0.5) is 15.8 Å². The second-order valence-electron chi connectivity index (χ2n) is 5.18. The second-order valence-corrected chi connectivity index (χ2v) is 5.61. The molecule has 0 fully saturated rings. The normalized spacial score (nSPS) is 10.9. The molecule has 0 aromatic heterocycles. The molecule has 0 aliphatic heterocycles. The van der Waals surface area contributed by atoms with Gasteiger partial charge in [0.05, 0.1) is 11.5 Å². The number of hydrogen-bond acceptors (Lipinski definition) is 7. The number of rotatable bonds is 5. The summed E-state index contributed by atoms with van der Waals surface area (Å²) in [5.74, 6) is -3.19. The Hall–Kier alpha value is -3.53. The maximum atomic E-state index is 13.5. The predicted molar refractivity (Wildman–Crippen MR) is 99.4 cm³/mol. The van der Waals surface area contributed by atoms with Crippen LogP contribution in [0.3, 0.4) is 0 Å². The molecule has 0 saturated heterocycles. The van der Waals surface area contributed by atoms with Gasteiger partial charge < -0.3 is 4.74 Å². The van der Waals surface area contributed by atoms with Crippen molar-refractivity contribution in [1.82, 2.24) is 5.32 Å². The van der Waals surface area contributed by atoms with Crippen molar-refractivity contribution < 1.29 is 23.6 Å². The number of nitro groups is 1. The molecule has 2 aromatic rings. The van der Waals surface area contributed by atoms with Crippen molar-refractivity contribution in [2.75, 3.05) is 12.0 Å². The fourth-order valence-corrected chi connectivity index (χ4v) is 2.20. The van der Waals surface area contributed by atoms with Crippen molar-refractivity contribution in [3.8, 4) is 0 Å². The molecule has 0 aliphatic carbocycles. The SMILES string of the molecule is CCOC(=O)C(=O)N/C(=N/Nc1cc(Cl)ccc1[N+](=O)[O-])c1cccc(F)c1. The smallest absolute Gasteiger partial charge is 0.397 e. The van der Waals surface area contributed by atoms with Crippen LogP contribution in [0.15, 0.2) is 47.6 Å². The van der Waals surface area contributed by atoms with Crippen LogP contribution in [0, 0.1) is 15.9 Å². The van der Waals surface area contributed by atoms with Gasteiger partial charge in [-0.2, -0.15) is 5.10 Å². The molecule has 146 valence electrons. The monoisotopic (exact) mass is 408 g/mol. The van der Waals surface area contributed by atoms with E-state index in [-0.39, 0.29) is 34.4 Å². The second kappa shape index (κ2) is 9.42. The molecule has 9 nitrogen and oxygen atoms in total. The molecule has 11 heteroatoms. The average molecular weight is 409 g/mol. The quantitative estimate of drug-likeness (QED) is 0.196. The van der Waals surface area contributed by atoms with Gasteiger partial charge in [0.25, 0.3) is 5.69 Å². The number of hydrogen-bond donors (Lipinski definition) is 2. The summed E-state index contributed by atoms with van der Waals surface area (Å²) in [5.41, 5.74) is 2.11. The number of carbonyl (C=O) groups excluding carboxylic acids is 2. The number of halogens is 2. The highest BCUT2D eigenvalue weighted by Gasteiger charge is 2.19. The molecule has 1 amide bonds. The molecule has 2 N–H and O–H groups in total. The molecule has 0 radical (unpaired) electrons. The van der Waals surface area contributed by atoms with E-state index >= 15 is 0 Å². The lowest BCUT2D eigenvalue weighted by Crippen LogP contribution is -2.38. The van der Waals surface area contributed by atoms with E-state index in [4.69, 9.17) is 11.6 Å². The molecule has 0 saturated carbocycles. The van der Waals surface area contributed by atoms with Gasteiger partial charge in [-0.3, -0.25) is 25.7 Å². The standard InChI is InChI=1S/C17H14ClFN4O5/c1-2-28-17(25)16(24)20-15(10-4-3-5-12(19)8-10)22-21-13-9-11(18)6-7-14(13)23(26)27/h3-9,21H,2H2,1H3,(H,20,22,24). The summed E-state index contributed by atoms with van der Waals surface area (Å²) in [6.07, 6.45) is 0. The van der Waals surface area contributed by atoms with Crippen molar-refractivity contribution in [3.05, 3.63) is 69.0 Å². The van der Waals surface area contributed by atoms with Crippen molar-refractivity contribution in [3.63, 3.8) is 0 Å². The molecule has 0 bridgehead atoms. The summed E-state index contributed by atoms with van der Waals surface area (Å²) in [4.78, 5) is 33.9. The van der Waals surface area contributed by atoms with Crippen LogP contribution < -0.4 is 10.7 Å². The first-order valence-electron chi connectivity index (χ1n) is 7.83. The van der Waals surface area contributed by atoms with Crippen LogP contribution in [0.1, 0.15) is 12.5 Å². The number of anilines is 1. The number of esters is 1. The lowest BCUT2D eigenvalue weighted by Gasteiger charge is -2.10. The van der Waals surface area contributed by atoms with Gasteiger partial charge in [0, 0.05) is 16.7 Å². The highest BCUT2D eigenvalue weighted by molar-refractivity contribution is 6.36. The Morgan fingerprint density at radius 2 is 2.04 bits per heavy atom. The lowest BCUT2D eigenvalue weighted by molar-refractivity contribution is -0.384. The fourth-order valence-electron chi connectivity index (χ4n) is 2.03. The van der Waals surface area contributed by atoms with E-state index in [1.54, 1.807) is 0 Å². The number of nitrogens with zero attached hydrogens (tertiary/aromatic N) is 2. The van der Waals surface area contributed by atoms with Gasteiger partial charge in [-0.05, 0) is 31.2 Å². The minimum Gasteiger partial charge on any atom is -0.459 e. The third-order valence-corrected chi connectivity index (χ3v) is 3.47.